The smallest absolute Gasteiger partial charge is 0.338 e. The van der Waals surface area contributed by atoms with Gasteiger partial charge in [0.05, 0.1) is 28.8 Å². The maximum absolute atomic E-state index is 14.0. The molecule has 1 saturated heterocycles. The number of amides is 3. The second-order valence-corrected chi connectivity index (χ2v) is 12.2. The van der Waals surface area contributed by atoms with Crippen molar-refractivity contribution in [3.63, 3.8) is 0 Å². The Kier molecular flexibility index (Phi) is 7.97. The van der Waals surface area contributed by atoms with E-state index in [-0.39, 0.29) is 23.8 Å². The molecule has 0 radical (unpaired) electrons. The molecule has 224 valence electrons. The highest BCUT2D eigenvalue weighted by Gasteiger charge is 2.56. The number of fused-ring (bicyclic) bond motifs is 2. The lowest BCUT2D eigenvalue weighted by atomic mass is 9.83. The standard InChI is InChI=1S/C31H25N3O8S2/c1-2-41-30(39)16-6-10-19(11-7-16)34-28(37)24-23(25-27(33-31(40)44-25)43-26(24)29(34)38)17-4-3-5-21(14-17)42-15-22(36)32-18-8-12-20(35)13-9-18/h3-14,23-24,26,35H,2,15H2,1H3,(H,32,36)(H,33,40)/t23-,24-,26+/m0/s1. The van der Waals surface area contributed by atoms with Crippen LogP contribution in [0.25, 0.3) is 0 Å². The molecular weight excluding hydrogens is 606 g/mol. The molecule has 3 aromatic carbocycles. The van der Waals surface area contributed by atoms with Crippen LogP contribution in [0.15, 0.2) is 82.6 Å². The number of ether oxygens (including phenoxy) is 2. The van der Waals surface area contributed by atoms with Gasteiger partial charge in [0, 0.05) is 16.5 Å². The number of rotatable bonds is 8. The number of benzene rings is 3. The molecule has 0 spiro atoms. The van der Waals surface area contributed by atoms with Gasteiger partial charge in [-0.2, -0.15) is 0 Å². The number of nitrogens with one attached hydrogen (secondary N) is 2. The predicted molar refractivity (Wildman–Crippen MR) is 163 cm³/mol. The first kappa shape index (κ1) is 29.2. The number of thiazole rings is 1. The average molecular weight is 632 g/mol. The topological polar surface area (TPSA) is 155 Å². The van der Waals surface area contributed by atoms with Crippen LogP contribution < -0.4 is 19.8 Å². The van der Waals surface area contributed by atoms with Gasteiger partial charge in [0.15, 0.2) is 6.61 Å². The summed E-state index contributed by atoms with van der Waals surface area (Å²) in [4.78, 5) is 68.9. The van der Waals surface area contributed by atoms with E-state index in [1.165, 1.54) is 36.4 Å². The van der Waals surface area contributed by atoms with E-state index in [1.807, 2.05) is 0 Å². The third-order valence-electron chi connectivity index (χ3n) is 7.20. The van der Waals surface area contributed by atoms with Crippen LogP contribution in [-0.4, -0.2) is 52.2 Å². The molecule has 0 aliphatic carbocycles. The summed E-state index contributed by atoms with van der Waals surface area (Å²) in [6.07, 6.45) is 0. The van der Waals surface area contributed by atoms with Gasteiger partial charge in [-0.15, -0.1) is 0 Å². The number of esters is 1. The van der Waals surface area contributed by atoms with Crippen molar-refractivity contribution in [1.82, 2.24) is 4.98 Å². The Morgan fingerprint density at radius 1 is 1.00 bits per heavy atom. The number of nitrogens with zero attached hydrogens (tertiary/aromatic N) is 1. The molecule has 2 aliphatic heterocycles. The Morgan fingerprint density at radius 3 is 2.48 bits per heavy atom. The van der Waals surface area contributed by atoms with Gasteiger partial charge in [0.1, 0.15) is 16.7 Å². The fourth-order valence-corrected chi connectivity index (χ4v) is 7.80. The summed E-state index contributed by atoms with van der Waals surface area (Å²) < 4.78 is 10.8. The van der Waals surface area contributed by atoms with Gasteiger partial charge >= 0.3 is 10.8 Å². The molecule has 3 heterocycles. The fraction of sp³-hybridized carbons (Fsp3) is 0.194. The number of anilines is 2. The summed E-state index contributed by atoms with van der Waals surface area (Å²) in [5.74, 6) is -2.77. The molecule has 0 unspecified atom stereocenters. The van der Waals surface area contributed by atoms with Crippen molar-refractivity contribution in [2.75, 3.05) is 23.4 Å². The third kappa shape index (κ3) is 5.58. The summed E-state index contributed by atoms with van der Waals surface area (Å²) in [6, 6.07) is 19.0. The zero-order valence-corrected chi connectivity index (χ0v) is 24.8. The van der Waals surface area contributed by atoms with E-state index in [0.717, 1.165) is 28.0 Å². The summed E-state index contributed by atoms with van der Waals surface area (Å²) in [5, 5.41) is 11.8. The van der Waals surface area contributed by atoms with Crippen molar-refractivity contribution in [1.29, 1.82) is 0 Å². The van der Waals surface area contributed by atoms with E-state index in [0.29, 0.717) is 38.2 Å². The highest BCUT2D eigenvalue weighted by molar-refractivity contribution is 8.00. The molecule has 44 heavy (non-hydrogen) atoms. The molecule has 3 N–H and O–H groups in total. The maximum Gasteiger partial charge on any atom is 0.338 e. The van der Waals surface area contributed by atoms with Crippen LogP contribution >= 0.6 is 23.1 Å². The van der Waals surface area contributed by atoms with Crippen LogP contribution in [0.5, 0.6) is 11.5 Å². The Bertz CT molecular complexity index is 1820. The van der Waals surface area contributed by atoms with Crippen LogP contribution in [0, 0.1) is 5.92 Å². The summed E-state index contributed by atoms with van der Waals surface area (Å²) >= 11 is 2.15. The van der Waals surface area contributed by atoms with E-state index in [4.69, 9.17) is 9.47 Å². The summed E-state index contributed by atoms with van der Waals surface area (Å²) in [7, 11) is 0. The molecule has 1 fully saturated rings. The minimum absolute atomic E-state index is 0.0764. The number of aromatic hydroxyl groups is 1. The van der Waals surface area contributed by atoms with Crippen molar-refractivity contribution in [2.45, 2.75) is 23.1 Å². The third-order valence-corrected chi connectivity index (χ3v) is 9.60. The van der Waals surface area contributed by atoms with Gasteiger partial charge in [-0.05, 0) is 73.2 Å². The lowest BCUT2D eigenvalue weighted by molar-refractivity contribution is -0.122. The van der Waals surface area contributed by atoms with Crippen LogP contribution in [0.2, 0.25) is 0 Å². The lowest BCUT2D eigenvalue weighted by Gasteiger charge is -2.30. The molecular formula is C31H25N3O8S2. The van der Waals surface area contributed by atoms with Crippen molar-refractivity contribution in [3.05, 3.63) is 98.5 Å². The van der Waals surface area contributed by atoms with Crippen molar-refractivity contribution in [2.24, 2.45) is 5.92 Å². The van der Waals surface area contributed by atoms with Crippen molar-refractivity contribution in [3.8, 4) is 11.5 Å². The number of hydrogen-bond donors (Lipinski definition) is 3. The van der Waals surface area contributed by atoms with E-state index < -0.39 is 40.8 Å². The Morgan fingerprint density at radius 2 is 1.75 bits per heavy atom. The first-order valence-corrected chi connectivity index (χ1v) is 15.3. The van der Waals surface area contributed by atoms with Crippen LogP contribution in [0.3, 0.4) is 0 Å². The predicted octanol–water partition coefficient (Wildman–Crippen LogP) is 4.13. The first-order valence-electron chi connectivity index (χ1n) is 13.6. The first-order chi connectivity index (χ1) is 21.2. The second-order valence-electron chi connectivity index (χ2n) is 9.99. The number of imide groups is 1. The molecule has 3 atom stereocenters. The number of hydrogen-bond acceptors (Lipinski definition) is 10. The van der Waals surface area contributed by atoms with Gasteiger partial charge < -0.3 is 24.9 Å². The molecule has 4 aromatic rings. The summed E-state index contributed by atoms with van der Waals surface area (Å²) in [5.41, 5.74) is 1.77. The monoisotopic (exact) mass is 631 g/mol. The zero-order valence-electron chi connectivity index (χ0n) is 23.1. The van der Waals surface area contributed by atoms with Gasteiger partial charge in [-0.1, -0.05) is 35.2 Å². The second kappa shape index (κ2) is 12.0. The number of H-pyrrole nitrogens is 1. The minimum atomic E-state index is -0.816. The average Bonchev–Trinajstić information content (AvgIpc) is 3.51. The van der Waals surface area contributed by atoms with Crippen LogP contribution in [-0.2, 0) is 19.1 Å². The molecule has 13 heteroatoms. The molecule has 0 saturated carbocycles. The largest absolute Gasteiger partial charge is 0.508 e. The number of carbonyl (C=O) groups excluding carboxylic acids is 4. The SMILES string of the molecule is CCOC(=O)c1ccc(N2C(=O)[C@H]3[C@H](c4cccc(OCC(=O)Nc5ccc(O)cc5)c4)c4sc(=O)[nH]c4S[C@H]3C2=O)cc1. The minimum Gasteiger partial charge on any atom is -0.508 e. The molecule has 11 nitrogen and oxygen atoms in total. The number of phenolic OH excluding ortho intramolecular Hbond substituents is 1. The van der Waals surface area contributed by atoms with Crippen molar-refractivity contribution < 1.29 is 33.8 Å². The molecule has 1 aromatic heterocycles. The quantitative estimate of drug-likeness (QED) is 0.148. The number of thioether (sulfide) groups is 1. The van der Waals surface area contributed by atoms with E-state index in [1.54, 1.807) is 43.3 Å². The molecule has 3 amide bonds. The van der Waals surface area contributed by atoms with E-state index in [9.17, 15) is 29.1 Å². The lowest BCUT2D eigenvalue weighted by Crippen LogP contribution is -2.32. The van der Waals surface area contributed by atoms with Crippen LogP contribution in [0.4, 0.5) is 11.4 Å². The number of aromatic amines is 1. The summed E-state index contributed by atoms with van der Waals surface area (Å²) in [6.45, 7) is 1.62. The normalized spacial score (nSPS) is 18.8. The van der Waals surface area contributed by atoms with Gasteiger partial charge in [0.2, 0.25) is 11.8 Å². The Hall–Kier alpha value is -4.88. The van der Waals surface area contributed by atoms with Crippen LogP contribution in [0.1, 0.15) is 33.6 Å². The number of aromatic nitrogens is 1. The van der Waals surface area contributed by atoms with Crippen molar-refractivity contribution >= 4 is 58.2 Å². The van der Waals surface area contributed by atoms with E-state index in [2.05, 4.69) is 10.3 Å². The molecule has 2 aliphatic rings. The maximum atomic E-state index is 14.0. The number of phenols is 1. The molecule has 6 rings (SSSR count). The number of carbonyl (C=O) groups is 4. The highest BCUT2D eigenvalue weighted by Crippen LogP contribution is 2.53. The Balaban J connectivity index is 1.26. The van der Waals surface area contributed by atoms with E-state index >= 15 is 0 Å². The van der Waals surface area contributed by atoms with Gasteiger partial charge in [0.25, 0.3) is 5.91 Å². The Labute approximate surface area is 258 Å². The van der Waals surface area contributed by atoms with Gasteiger partial charge in [-0.3, -0.25) is 19.2 Å². The molecule has 0 bridgehead atoms. The highest BCUT2D eigenvalue weighted by atomic mass is 32.2. The van der Waals surface area contributed by atoms with Gasteiger partial charge in [-0.25, -0.2) is 9.69 Å². The zero-order chi connectivity index (χ0) is 31.0. The fourth-order valence-electron chi connectivity index (χ4n) is 5.28.